The molecule has 3 heteroatoms. The van der Waals surface area contributed by atoms with Crippen molar-refractivity contribution >= 4 is 87.7 Å². The van der Waals surface area contributed by atoms with Crippen molar-refractivity contribution < 1.29 is 0 Å². The molecule has 0 fully saturated rings. The van der Waals surface area contributed by atoms with Crippen LogP contribution < -0.4 is 4.90 Å². The standard InChI is InChI=1S/C55H37N3/c1-55(2)47-20-9-6-15-38(47)39-28-27-37(33-48(39)55)56(34-13-4-3-5-14-34)35-23-25-36(26-24-35)57-50-22-11-8-17-46(50)52-41-29-30-45-43-19-12-18-42-40-16-7-10-21-49(40)58(53(42)43)54(45)44(41)31-32-51(52)57/h3-33H,1-2H3. The van der Waals surface area contributed by atoms with Gasteiger partial charge >= 0.3 is 0 Å². The second-order valence-corrected chi connectivity index (χ2v) is 16.5. The Kier molecular flexibility index (Phi) is 6.23. The third-order valence-corrected chi connectivity index (χ3v) is 13.2. The van der Waals surface area contributed by atoms with E-state index in [2.05, 4.69) is 216 Å². The van der Waals surface area contributed by atoms with Crippen molar-refractivity contribution in [3.8, 4) is 16.8 Å². The van der Waals surface area contributed by atoms with Crippen LogP contribution in [0.1, 0.15) is 25.0 Å². The average Bonchev–Trinajstić information content (AvgIpc) is 3.98. The number of para-hydroxylation sites is 4. The molecule has 9 aromatic carbocycles. The van der Waals surface area contributed by atoms with E-state index >= 15 is 0 Å². The molecule has 0 saturated carbocycles. The van der Waals surface area contributed by atoms with E-state index in [9.17, 15) is 0 Å². The molecule has 58 heavy (non-hydrogen) atoms. The summed E-state index contributed by atoms with van der Waals surface area (Å²) in [6.45, 7) is 4.71. The molecule has 272 valence electrons. The smallest absolute Gasteiger partial charge is 0.0620 e. The average molecular weight is 740 g/mol. The topological polar surface area (TPSA) is 12.6 Å². The van der Waals surface area contributed by atoms with Gasteiger partial charge in [0.25, 0.3) is 0 Å². The van der Waals surface area contributed by atoms with Crippen LogP contribution in [0.4, 0.5) is 17.1 Å². The molecule has 0 aliphatic heterocycles. The minimum absolute atomic E-state index is 0.0825. The van der Waals surface area contributed by atoms with Crippen molar-refractivity contribution in [2.75, 3.05) is 4.90 Å². The molecular weight excluding hydrogens is 703 g/mol. The Bertz CT molecular complexity index is 3640. The Morgan fingerprint density at radius 3 is 1.78 bits per heavy atom. The van der Waals surface area contributed by atoms with E-state index in [1.54, 1.807) is 0 Å². The van der Waals surface area contributed by atoms with Crippen molar-refractivity contribution in [2.45, 2.75) is 19.3 Å². The van der Waals surface area contributed by atoms with Crippen LogP contribution in [-0.4, -0.2) is 8.97 Å². The number of rotatable bonds is 4. The fourth-order valence-corrected chi connectivity index (χ4v) is 10.7. The lowest BCUT2D eigenvalue weighted by molar-refractivity contribution is 0.660. The number of nitrogens with zero attached hydrogens (tertiary/aromatic N) is 3. The van der Waals surface area contributed by atoms with Crippen molar-refractivity contribution in [1.82, 2.24) is 8.97 Å². The highest BCUT2D eigenvalue weighted by Gasteiger charge is 2.35. The molecule has 3 aromatic heterocycles. The van der Waals surface area contributed by atoms with Crippen molar-refractivity contribution in [3.63, 3.8) is 0 Å². The highest BCUT2D eigenvalue weighted by atomic mass is 15.1. The zero-order chi connectivity index (χ0) is 38.3. The van der Waals surface area contributed by atoms with E-state index in [-0.39, 0.29) is 5.41 Å². The first kappa shape index (κ1) is 31.8. The van der Waals surface area contributed by atoms with Gasteiger partial charge in [-0.2, -0.15) is 0 Å². The van der Waals surface area contributed by atoms with E-state index in [4.69, 9.17) is 0 Å². The quantitative estimate of drug-likeness (QED) is 0.175. The van der Waals surface area contributed by atoms with Gasteiger partial charge in [0.15, 0.2) is 0 Å². The minimum Gasteiger partial charge on any atom is -0.310 e. The first-order chi connectivity index (χ1) is 28.6. The summed E-state index contributed by atoms with van der Waals surface area (Å²) in [5.41, 5.74) is 16.2. The van der Waals surface area contributed by atoms with Gasteiger partial charge in [-0.1, -0.05) is 135 Å². The van der Waals surface area contributed by atoms with Crippen LogP contribution in [0, 0.1) is 0 Å². The van der Waals surface area contributed by atoms with E-state index in [0.717, 1.165) is 22.7 Å². The number of benzene rings is 9. The maximum atomic E-state index is 2.51. The maximum Gasteiger partial charge on any atom is 0.0620 e. The first-order valence-electron chi connectivity index (χ1n) is 20.3. The van der Waals surface area contributed by atoms with Gasteiger partial charge in [0, 0.05) is 65.9 Å². The molecule has 0 N–H and O–H groups in total. The number of anilines is 3. The van der Waals surface area contributed by atoms with Gasteiger partial charge in [-0.25, -0.2) is 0 Å². The molecule has 0 bridgehead atoms. The molecule has 3 nitrogen and oxygen atoms in total. The lowest BCUT2D eigenvalue weighted by Gasteiger charge is -2.28. The van der Waals surface area contributed by atoms with Crippen molar-refractivity contribution in [2.24, 2.45) is 0 Å². The molecule has 13 rings (SSSR count). The van der Waals surface area contributed by atoms with Crippen molar-refractivity contribution in [3.05, 3.63) is 199 Å². The van der Waals surface area contributed by atoms with Crippen LogP contribution in [0.25, 0.3) is 87.5 Å². The summed E-state index contributed by atoms with van der Waals surface area (Å²) >= 11 is 0. The Morgan fingerprint density at radius 2 is 0.948 bits per heavy atom. The van der Waals surface area contributed by atoms with Crippen LogP contribution >= 0.6 is 0 Å². The zero-order valence-electron chi connectivity index (χ0n) is 32.2. The fraction of sp³-hybridized carbons (Fsp3) is 0.0545. The number of hydrogen-bond donors (Lipinski definition) is 0. The number of fused-ring (bicyclic) bond motifs is 15. The molecule has 0 spiro atoms. The second-order valence-electron chi connectivity index (χ2n) is 16.5. The van der Waals surface area contributed by atoms with Crippen LogP contribution in [0.3, 0.4) is 0 Å². The minimum atomic E-state index is -0.0825. The molecule has 0 unspecified atom stereocenters. The van der Waals surface area contributed by atoms with E-state index in [1.807, 2.05) is 0 Å². The molecule has 0 amide bonds. The maximum absolute atomic E-state index is 2.51. The molecule has 0 saturated heterocycles. The molecule has 1 aliphatic carbocycles. The van der Waals surface area contributed by atoms with Crippen LogP contribution in [0.2, 0.25) is 0 Å². The van der Waals surface area contributed by atoms with Gasteiger partial charge in [-0.05, 0) is 94.4 Å². The van der Waals surface area contributed by atoms with Crippen molar-refractivity contribution in [1.29, 1.82) is 0 Å². The van der Waals surface area contributed by atoms with Gasteiger partial charge in [-0.15, -0.1) is 0 Å². The van der Waals surface area contributed by atoms with Gasteiger partial charge in [0.05, 0.1) is 27.6 Å². The second kappa shape index (κ2) is 11.4. The lowest BCUT2D eigenvalue weighted by Crippen LogP contribution is -2.16. The van der Waals surface area contributed by atoms with E-state index in [0.29, 0.717) is 0 Å². The number of aromatic nitrogens is 2. The Morgan fingerprint density at radius 1 is 0.379 bits per heavy atom. The summed E-state index contributed by atoms with van der Waals surface area (Å²) in [6, 6.07) is 69.7. The SMILES string of the molecule is CC1(C)c2ccccc2-c2ccc(N(c3ccccc3)c3ccc(-n4c5ccccc5c5c6ccc7c8cccc9c%10ccccc%10n(c7c6ccc54)c98)cc3)cc21. The molecular formula is C55H37N3. The monoisotopic (exact) mass is 739 g/mol. The third-order valence-electron chi connectivity index (χ3n) is 13.2. The van der Waals surface area contributed by atoms with Crippen LogP contribution in [0.15, 0.2) is 188 Å². The lowest BCUT2D eigenvalue weighted by atomic mass is 9.82. The normalized spacial score (nSPS) is 13.5. The summed E-state index contributed by atoms with van der Waals surface area (Å²) in [6.07, 6.45) is 0. The van der Waals surface area contributed by atoms with Gasteiger partial charge in [0.2, 0.25) is 0 Å². The van der Waals surface area contributed by atoms with Crippen LogP contribution in [0.5, 0.6) is 0 Å². The van der Waals surface area contributed by atoms with Crippen LogP contribution in [-0.2, 0) is 5.41 Å². The fourth-order valence-electron chi connectivity index (χ4n) is 10.7. The first-order valence-corrected chi connectivity index (χ1v) is 20.3. The Balaban J connectivity index is 0.994. The van der Waals surface area contributed by atoms with Gasteiger partial charge < -0.3 is 13.9 Å². The Labute approximate surface area is 335 Å². The highest BCUT2D eigenvalue weighted by Crippen LogP contribution is 2.51. The van der Waals surface area contributed by atoms with E-state index in [1.165, 1.54) is 92.9 Å². The molecule has 12 aromatic rings. The summed E-state index contributed by atoms with van der Waals surface area (Å²) in [7, 11) is 0. The Hall–Kier alpha value is -7.36. The van der Waals surface area contributed by atoms with Gasteiger partial charge in [-0.3, -0.25) is 0 Å². The predicted octanol–water partition coefficient (Wildman–Crippen LogP) is 14.9. The predicted molar refractivity (Wildman–Crippen MR) is 245 cm³/mol. The molecule has 1 aliphatic rings. The summed E-state index contributed by atoms with van der Waals surface area (Å²) < 4.78 is 4.96. The molecule has 0 radical (unpaired) electrons. The summed E-state index contributed by atoms with van der Waals surface area (Å²) in [5, 5.41) is 10.3. The zero-order valence-corrected chi connectivity index (χ0v) is 32.2. The summed E-state index contributed by atoms with van der Waals surface area (Å²) in [4.78, 5) is 2.39. The summed E-state index contributed by atoms with van der Waals surface area (Å²) in [5.74, 6) is 0. The van der Waals surface area contributed by atoms with Gasteiger partial charge in [0.1, 0.15) is 0 Å². The largest absolute Gasteiger partial charge is 0.310 e. The molecule has 0 atom stereocenters. The molecule has 3 heterocycles. The van der Waals surface area contributed by atoms with E-state index < -0.39 is 0 Å². The third kappa shape index (κ3) is 4.07. The number of hydrogen-bond acceptors (Lipinski definition) is 1. The highest BCUT2D eigenvalue weighted by molar-refractivity contribution is 6.31.